The molecule has 2 aromatic carbocycles. The highest BCUT2D eigenvalue weighted by atomic mass is 19.1. The van der Waals surface area contributed by atoms with Gasteiger partial charge in [0.05, 0.1) is 25.2 Å². The lowest BCUT2D eigenvalue weighted by atomic mass is 10.1. The molecule has 0 fully saturated rings. The van der Waals surface area contributed by atoms with Crippen LogP contribution >= 0.6 is 0 Å². The average Bonchev–Trinajstić information content (AvgIpc) is 3.71. The van der Waals surface area contributed by atoms with E-state index in [1.807, 2.05) is 18.0 Å². The van der Waals surface area contributed by atoms with Crippen molar-refractivity contribution >= 4 is 23.3 Å². The van der Waals surface area contributed by atoms with Gasteiger partial charge in [-0.05, 0) is 37.3 Å². The molecule has 1 atom stereocenters. The number of phenolic OH excluding ortho intramolecular Hbond substituents is 1. The topological polar surface area (TPSA) is 175 Å². The lowest BCUT2D eigenvalue weighted by molar-refractivity contribution is -0.144. The Labute approximate surface area is 262 Å². The second kappa shape index (κ2) is 13.5. The molecule has 0 aliphatic carbocycles. The van der Waals surface area contributed by atoms with E-state index in [1.165, 1.54) is 31.6 Å². The van der Waals surface area contributed by atoms with Crippen molar-refractivity contribution in [2.24, 2.45) is 10.7 Å². The zero-order valence-corrected chi connectivity index (χ0v) is 25.3. The van der Waals surface area contributed by atoms with Crippen LogP contribution in [0.25, 0.3) is 0 Å². The van der Waals surface area contributed by atoms with Crippen LogP contribution in [0.15, 0.2) is 60.0 Å². The van der Waals surface area contributed by atoms with E-state index in [0.717, 1.165) is 17.3 Å². The molecule has 0 saturated heterocycles. The molecule has 1 unspecified atom stereocenters. The summed E-state index contributed by atoms with van der Waals surface area (Å²) in [5, 5.41) is 18.1. The summed E-state index contributed by atoms with van der Waals surface area (Å²) in [7, 11) is 3.21. The number of anilines is 1. The Bertz CT molecular complexity index is 1780. The van der Waals surface area contributed by atoms with Gasteiger partial charge < -0.3 is 39.8 Å². The number of nitrogen functional groups attached to an aromatic ring is 1. The highest BCUT2D eigenvalue weighted by Gasteiger charge is 2.34. The molecule has 0 bridgehead atoms. The quantitative estimate of drug-likeness (QED) is 0.101. The van der Waals surface area contributed by atoms with Gasteiger partial charge in [0, 0.05) is 44.4 Å². The number of carbonyl (C=O) groups is 1. The second-order valence-corrected chi connectivity index (χ2v) is 10.3. The number of esters is 1. The first kappa shape index (κ1) is 31.7. The molecule has 3 heterocycles. The molecule has 15 heteroatoms. The number of aromatic nitrogens is 3. The zero-order valence-electron chi connectivity index (χ0n) is 25.3. The first-order valence-electron chi connectivity index (χ1n) is 14.2. The Balaban J connectivity index is 1.61. The Morgan fingerprint density at radius 3 is 2.61 bits per heavy atom. The molecule has 4 aromatic rings. The number of aliphatic imine (C=N–C) groups is 1. The van der Waals surface area contributed by atoms with Crippen LogP contribution in [0.4, 0.5) is 14.5 Å². The van der Waals surface area contributed by atoms with E-state index in [4.69, 9.17) is 25.4 Å². The standard InChI is InChI=1S/C31H32F2N8O5/c1-4-44-31(43)21(14-19-15-36-16-38-19)41(3)26-24(32)29(45-20-7-5-6-18(12-20)28-37-10-11-40(28)2)39-30(25(26)33)46-23-13-17(27(34)35)8-9-22(23)42/h5-9,12-13,15-16,21,42H,4,10-11,14H2,1-3H3,(H3,34,35)(H,36,38). The van der Waals surface area contributed by atoms with Crippen LogP contribution in [0, 0.1) is 17.0 Å². The maximum atomic E-state index is 16.4. The van der Waals surface area contributed by atoms with E-state index in [1.54, 1.807) is 31.3 Å². The number of imidazole rings is 1. The summed E-state index contributed by atoms with van der Waals surface area (Å²) in [5.41, 5.74) is 6.18. The molecule has 0 spiro atoms. The normalized spacial score (nSPS) is 13.2. The van der Waals surface area contributed by atoms with Crippen molar-refractivity contribution in [3.63, 3.8) is 0 Å². The number of rotatable bonds is 12. The summed E-state index contributed by atoms with van der Waals surface area (Å²) in [6.07, 6.45) is 2.89. The third-order valence-corrected chi connectivity index (χ3v) is 7.17. The van der Waals surface area contributed by atoms with Crippen LogP contribution in [0.5, 0.6) is 29.0 Å². The molecule has 1 aliphatic rings. The number of aromatic amines is 1. The van der Waals surface area contributed by atoms with Crippen molar-refractivity contribution in [2.75, 3.05) is 38.7 Å². The average molecular weight is 635 g/mol. The van der Waals surface area contributed by atoms with Gasteiger partial charge in [-0.15, -0.1) is 0 Å². The minimum absolute atomic E-state index is 0.0242. The van der Waals surface area contributed by atoms with E-state index in [0.29, 0.717) is 17.8 Å². The molecule has 1 aliphatic heterocycles. The summed E-state index contributed by atoms with van der Waals surface area (Å²) in [4.78, 5) is 31.5. The van der Waals surface area contributed by atoms with Crippen LogP contribution in [-0.2, 0) is 16.0 Å². The van der Waals surface area contributed by atoms with Crippen molar-refractivity contribution in [3.05, 3.63) is 83.4 Å². The fourth-order valence-corrected chi connectivity index (χ4v) is 4.83. The Hall–Kier alpha value is -5.73. The third kappa shape index (κ3) is 6.67. The fourth-order valence-electron chi connectivity index (χ4n) is 4.83. The van der Waals surface area contributed by atoms with Crippen LogP contribution in [0.2, 0.25) is 0 Å². The largest absolute Gasteiger partial charge is 0.504 e. The minimum Gasteiger partial charge on any atom is -0.504 e. The molecular weight excluding hydrogens is 602 g/mol. The molecule has 240 valence electrons. The number of H-pyrrole nitrogens is 1. The first-order valence-corrected chi connectivity index (χ1v) is 14.2. The zero-order chi connectivity index (χ0) is 33.0. The maximum Gasteiger partial charge on any atom is 0.329 e. The molecular formula is C31H32F2N8O5. The summed E-state index contributed by atoms with van der Waals surface area (Å²) in [6.45, 7) is 3.00. The van der Waals surface area contributed by atoms with Crippen molar-refractivity contribution in [1.29, 1.82) is 5.41 Å². The highest BCUT2D eigenvalue weighted by molar-refractivity contribution is 6.00. The number of amidine groups is 2. The van der Waals surface area contributed by atoms with E-state index >= 15 is 8.78 Å². The van der Waals surface area contributed by atoms with Gasteiger partial charge in [-0.1, -0.05) is 12.1 Å². The number of hydrogen-bond acceptors (Lipinski definition) is 11. The lowest BCUT2D eigenvalue weighted by Crippen LogP contribution is -2.42. The summed E-state index contributed by atoms with van der Waals surface area (Å²) >= 11 is 0. The van der Waals surface area contributed by atoms with Crippen molar-refractivity contribution in [1.82, 2.24) is 19.9 Å². The summed E-state index contributed by atoms with van der Waals surface area (Å²) in [6, 6.07) is 9.25. The second-order valence-electron chi connectivity index (χ2n) is 10.3. The van der Waals surface area contributed by atoms with Crippen molar-refractivity contribution < 1.29 is 32.9 Å². The van der Waals surface area contributed by atoms with Crippen LogP contribution < -0.4 is 20.1 Å². The van der Waals surface area contributed by atoms with Crippen molar-refractivity contribution in [2.45, 2.75) is 19.4 Å². The lowest BCUT2D eigenvalue weighted by Gasteiger charge is -2.29. The van der Waals surface area contributed by atoms with Crippen molar-refractivity contribution in [3.8, 4) is 29.0 Å². The number of ether oxygens (including phenoxy) is 3. The van der Waals surface area contributed by atoms with Crippen LogP contribution in [-0.4, -0.2) is 82.4 Å². The van der Waals surface area contributed by atoms with E-state index in [-0.39, 0.29) is 35.9 Å². The molecule has 0 radical (unpaired) electrons. The number of nitrogens with two attached hydrogens (primary N) is 1. The van der Waals surface area contributed by atoms with Gasteiger partial charge >= 0.3 is 5.97 Å². The van der Waals surface area contributed by atoms with E-state index < -0.39 is 46.8 Å². The molecule has 0 saturated carbocycles. The number of halogens is 2. The predicted molar refractivity (Wildman–Crippen MR) is 165 cm³/mol. The number of benzene rings is 2. The first-order chi connectivity index (χ1) is 22.1. The smallest absolute Gasteiger partial charge is 0.329 e. The predicted octanol–water partition coefficient (Wildman–Crippen LogP) is 3.96. The van der Waals surface area contributed by atoms with Gasteiger partial charge in [0.15, 0.2) is 11.5 Å². The molecule has 13 nitrogen and oxygen atoms in total. The molecule has 5 N–H and O–H groups in total. The number of phenols is 1. The summed E-state index contributed by atoms with van der Waals surface area (Å²) < 4.78 is 49.4. The Morgan fingerprint density at radius 1 is 1.20 bits per heavy atom. The van der Waals surface area contributed by atoms with E-state index in [2.05, 4.69) is 19.9 Å². The Kier molecular flexibility index (Phi) is 9.30. The Morgan fingerprint density at radius 2 is 1.96 bits per heavy atom. The van der Waals surface area contributed by atoms with Crippen LogP contribution in [0.3, 0.4) is 0 Å². The molecule has 2 aromatic heterocycles. The maximum absolute atomic E-state index is 16.4. The number of hydrogen-bond donors (Lipinski definition) is 4. The number of likely N-dealkylation sites (N-methyl/N-ethyl adjacent to an activating group) is 2. The number of pyridine rings is 1. The number of nitrogens with zero attached hydrogens (tertiary/aromatic N) is 5. The van der Waals surface area contributed by atoms with Gasteiger partial charge in [-0.25, -0.2) is 9.78 Å². The van der Waals surface area contributed by atoms with Gasteiger partial charge in [0.25, 0.3) is 11.8 Å². The van der Waals surface area contributed by atoms with E-state index in [9.17, 15) is 9.90 Å². The number of nitrogens with one attached hydrogen (secondary N) is 2. The van der Waals surface area contributed by atoms with Gasteiger partial charge in [0.2, 0.25) is 11.6 Å². The molecule has 5 rings (SSSR count). The van der Waals surface area contributed by atoms with Crippen LogP contribution in [0.1, 0.15) is 23.7 Å². The SMILES string of the molecule is CCOC(=O)C(Cc1c[nH]cn1)N(C)c1c(F)c(Oc2cccc(C3=NCCN3C)c2)nc(Oc2cc(C(=N)N)ccc2O)c1F. The summed E-state index contributed by atoms with van der Waals surface area (Å²) in [5.74, 6) is -4.94. The number of carbonyl (C=O) groups excluding carboxylic acids is 1. The monoisotopic (exact) mass is 634 g/mol. The van der Waals surface area contributed by atoms with Gasteiger partial charge in [-0.3, -0.25) is 10.4 Å². The molecule has 46 heavy (non-hydrogen) atoms. The number of aromatic hydroxyl groups is 1. The van der Waals surface area contributed by atoms with Gasteiger partial charge in [0.1, 0.15) is 29.1 Å². The highest BCUT2D eigenvalue weighted by Crippen LogP contribution is 2.40. The minimum atomic E-state index is -1.30. The fraction of sp³-hybridized carbons (Fsp3) is 0.258. The van der Waals surface area contributed by atoms with Gasteiger partial charge in [-0.2, -0.15) is 13.8 Å². The third-order valence-electron chi connectivity index (χ3n) is 7.17. The molecule has 0 amide bonds.